The Morgan fingerprint density at radius 1 is 1.00 bits per heavy atom. The van der Waals surface area contributed by atoms with Crippen LogP contribution in [0.25, 0.3) is 22.6 Å². The number of aromatic nitrogens is 2. The number of aromatic amines is 1. The van der Waals surface area contributed by atoms with Gasteiger partial charge in [-0.3, -0.25) is 4.79 Å². The number of amides is 1. The third-order valence-electron chi connectivity index (χ3n) is 5.15. The van der Waals surface area contributed by atoms with Crippen LogP contribution in [-0.4, -0.2) is 30.0 Å². The van der Waals surface area contributed by atoms with E-state index in [4.69, 9.17) is 34.8 Å². The van der Waals surface area contributed by atoms with E-state index in [0.29, 0.717) is 22.1 Å². The van der Waals surface area contributed by atoms with Gasteiger partial charge in [-0.05, 0) is 35.9 Å². The molecule has 6 nitrogen and oxygen atoms in total. The van der Waals surface area contributed by atoms with Crippen LogP contribution in [-0.2, 0) is 9.84 Å². The predicted octanol–water partition coefficient (Wildman–Crippen LogP) is 6.75. The smallest absolute Gasteiger partial charge is 0.257 e. The SMILES string of the molecule is CCS(=O)(=O)c1ccc(C(=O)Nc2ccc(Cl)c(-c3ncc(-c4ccccc4)[nH]3)c2)c(Cl)c1Cl. The lowest BCUT2D eigenvalue weighted by Gasteiger charge is -2.12. The number of sulfone groups is 1. The second-order valence-corrected chi connectivity index (χ2v) is 10.7. The van der Waals surface area contributed by atoms with Crippen LogP contribution in [0.15, 0.2) is 71.8 Å². The Morgan fingerprint density at radius 2 is 1.74 bits per heavy atom. The van der Waals surface area contributed by atoms with Gasteiger partial charge in [0.05, 0.1) is 43.2 Å². The van der Waals surface area contributed by atoms with Crippen LogP contribution in [0.1, 0.15) is 17.3 Å². The van der Waals surface area contributed by atoms with Crippen LogP contribution in [0, 0.1) is 0 Å². The minimum atomic E-state index is -3.59. The van der Waals surface area contributed by atoms with Crippen molar-refractivity contribution in [1.82, 2.24) is 9.97 Å². The molecule has 4 aromatic rings. The van der Waals surface area contributed by atoms with Crippen molar-refractivity contribution in [3.63, 3.8) is 0 Å². The molecule has 0 saturated carbocycles. The minimum Gasteiger partial charge on any atom is -0.338 e. The monoisotopic (exact) mass is 533 g/mol. The van der Waals surface area contributed by atoms with Gasteiger partial charge in [0.25, 0.3) is 5.91 Å². The van der Waals surface area contributed by atoms with Gasteiger partial charge in [0.2, 0.25) is 0 Å². The summed E-state index contributed by atoms with van der Waals surface area (Å²) in [5, 5.41) is 2.87. The number of carbonyl (C=O) groups excluding carboxylic acids is 1. The lowest BCUT2D eigenvalue weighted by molar-refractivity contribution is 0.102. The molecule has 1 amide bonds. The number of hydrogen-bond donors (Lipinski definition) is 2. The van der Waals surface area contributed by atoms with Crippen molar-refractivity contribution in [3.05, 3.63) is 87.5 Å². The summed E-state index contributed by atoms with van der Waals surface area (Å²) in [6.45, 7) is 1.50. The lowest BCUT2D eigenvalue weighted by atomic mass is 10.1. The summed E-state index contributed by atoms with van der Waals surface area (Å²) < 4.78 is 24.4. The average molecular weight is 535 g/mol. The number of anilines is 1. The Bertz CT molecular complexity index is 1490. The number of nitrogens with zero attached hydrogens (tertiary/aromatic N) is 1. The summed E-state index contributed by atoms with van der Waals surface area (Å²) in [4.78, 5) is 20.4. The molecule has 10 heteroatoms. The van der Waals surface area contributed by atoms with Gasteiger partial charge < -0.3 is 10.3 Å². The van der Waals surface area contributed by atoms with E-state index in [-0.39, 0.29) is 26.3 Å². The van der Waals surface area contributed by atoms with Gasteiger partial charge in [-0.1, -0.05) is 72.1 Å². The number of carbonyl (C=O) groups is 1. The lowest BCUT2D eigenvalue weighted by Crippen LogP contribution is -2.14. The zero-order chi connectivity index (χ0) is 24.5. The molecule has 0 spiro atoms. The highest BCUT2D eigenvalue weighted by molar-refractivity contribution is 7.91. The fourth-order valence-corrected chi connectivity index (χ4v) is 5.30. The Labute approximate surface area is 211 Å². The van der Waals surface area contributed by atoms with Gasteiger partial charge in [0.15, 0.2) is 9.84 Å². The second-order valence-electron chi connectivity index (χ2n) is 7.30. The van der Waals surface area contributed by atoms with E-state index < -0.39 is 15.7 Å². The number of rotatable bonds is 6. The number of halogens is 3. The molecule has 0 unspecified atom stereocenters. The molecule has 1 aromatic heterocycles. The topological polar surface area (TPSA) is 91.9 Å². The Kier molecular flexibility index (Phi) is 7.00. The van der Waals surface area contributed by atoms with Crippen molar-refractivity contribution >= 4 is 56.2 Å². The molecule has 2 N–H and O–H groups in total. The van der Waals surface area contributed by atoms with Crippen molar-refractivity contribution in [1.29, 1.82) is 0 Å². The highest BCUT2D eigenvalue weighted by Gasteiger charge is 2.22. The van der Waals surface area contributed by atoms with Crippen molar-refractivity contribution < 1.29 is 13.2 Å². The number of imidazole rings is 1. The molecule has 174 valence electrons. The third kappa shape index (κ3) is 4.83. The molecule has 0 radical (unpaired) electrons. The van der Waals surface area contributed by atoms with E-state index in [0.717, 1.165) is 11.3 Å². The molecule has 0 saturated heterocycles. The van der Waals surface area contributed by atoms with E-state index in [2.05, 4.69) is 15.3 Å². The van der Waals surface area contributed by atoms with Crippen LogP contribution >= 0.6 is 34.8 Å². The maximum absolute atomic E-state index is 12.9. The summed E-state index contributed by atoms with van der Waals surface area (Å²) in [7, 11) is -3.59. The largest absolute Gasteiger partial charge is 0.338 e. The molecule has 1 heterocycles. The summed E-state index contributed by atoms with van der Waals surface area (Å²) in [5.74, 6) is -0.152. The normalized spacial score (nSPS) is 11.4. The molecule has 0 aliphatic carbocycles. The summed E-state index contributed by atoms with van der Waals surface area (Å²) in [6, 6.07) is 17.3. The van der Waals surface area contributed by atoms with Crippen LogP contribution in [0.5, 0.6) is 0 Å². The van der Waals surface area contributed by atoms with Crippen molar-refractivity contribution in [2.24, 2.45) is 0 Å². The quantitative estimate of drug-likeness (QED) is 0.286. The summed E-state index contributed by atoms with van der Waals surface area (Å²) in [5.41, 5.74) is 2.88. The first-order valence-corrected chi connectivity index (χ1v) is 12.9. The molecular formula is C24H18Cl3N3O3S. The molecule has 3 aromatic carbocycles. The molecule has 0 fully saturated rings. The predicted molar refractivity (Wildman–Crippen MR) is 137 cm³/mol. The summed E-state index contributed by atoms with van der Waals surface area (Å²) >= 11 is 18.8. The highest BCUT2D eigenvalue weighted by Crippen LogP contribution is 2.34. The van der Waals surface area contributed by atoms with Crippen LogP contribution in [0.4, 0.5) is 5.69 Å². The number of hydrogen-bond acceptors (Lipinski definition) is 4. The van der Waals surface area contributed by atoms with Gasteiger partial charge in [0.1, 0.15) is 5.82 Å². The molecule has 4 rings (SSSR count). The first kappa shape index (κ1) is 24.3. The zero-order valence-electron chi connectivity index (χ0n) is 17.8. The molecule has 0 aliphatic rings. The fourth-order valence-electron chi connectivity index (χ4n) is 3.31. The standard InChI is InChI=1S/C24H18Cl3N3O3S/c1-2-34(32,33)20-11-9-16(21(26)22(20)27)24(31)29-15-8-10-18(25)17(12-15)23-28-13-19(30-23)14-6-4-3-5-7-14/h3-13H,2H2,1H3,(H,28,30)(H,29,31). The Hall–Kier alpha value is -2.84. The molecule has 34 heavy (non-hydrogen) atoms. The first-order chi connectivity index (χ1) is 16.2. The van der Waals surface area contributed by atoms with Crippen molar-refractivity contribution in [3.8, 4) is 22.6 Å². The van der Waals surface area contributed by atoms with Gasteiger partial charge in [-0.2, -0.15) is 0 Å². The zero-order valence-corrected chi connectivity index (χ0v) is 20.9. The van der Waals surface area contributed by atoms with E-state index in [1.54, 1.807) is 24.4 Å². The van der Waals surface area contributed by atoms with E-state index in [9.17, 15) is 13.2 Å². The van der Waals surface area contributed by atoms with Crippen LogP contribution in [0.2, 0.25) is 15.1 Å². The van der Waals surface area contributed by atoms with Gasteiger partial charge in [-0.25, -0.2) is 13.4 Å². The van der Waals surface area contributed by atoms with E-state index in [1.807, 2.05) is 30.3 Å². The average Bonchev–Trinajstić information content (AvgIpc) is 3.32. The second kappa shape index (κ2) is 9.80. The Morgan fingerprint density at radius 3 is 2.44 bits per heavy atom. The van der Waals surface area contributed by atoms with E-state index >= 15 is 0 Å². The number of H-pyrrole nitrogens is 1. The van der Waals surface area contributed by atoms with Crippen molar-refractivity contribution in [2.45, 2.75) is 11.8 Å². The molecular weight excluding hydrogens is 517 g/mol. The maximum atomic E-state index is 12.9. The highest BCUT2D eigenvalue weighted by atomic mass is 35.5. The summed E-state index contributed by atoms with van der Waals surface area (Å²) in [6.07, 6.45) is 1.71. The van der Waals surface area contributed by atoms with Crippen LogP contribution < -0.4 is 5.32 Å². The maximum Gasteiger partial charge on any atom is 0.257 e. The minimum absolute atomic E-state index is 0.0441. The van der Waals surface area contributed by atoms with Gasteiger partial charge in [0, 0.05) is 11.3 Å². The van der Waals surface area contributed by atoms with E-state index in [1.165, 1.54) is 19.1 Å². The first-order valence-electron chi connectivity index (χ1n) is 10.1. The number of nitrogens with one attached hydrogen (secondary N) is 2. The van der Waals surface area contributed by atoms with Crippen LogP contribution in [0.3, 0.4) is 0 Å². The molecule has 0 bridgehead atoms. The molecule has 0 aliphatic heterocycles. The van der Waals surface area contributed by atoms with Crippen molar-refractivity contribution in [2.75, 3.05) is 11.1 Å². The fraction of sp³-hybridized carbons (Fsp3) is 0.0833. The Balaban J connectivity index is 1.62. The molecule has 0 atom stereocenters. The number of benzene rings is 3. The third-order valence-corrected chi connectivity index (χ3v) is 8.24. The van der Waals surface area contributed by atoms with Gasteiger partial charge in [-0.15, -0.1) is 0 Å². The van der Waals surface area contributed by atoms with Gasteiger partial charge >= 0.3 is 0 Å².